The molecule has 4 heteroatoms. The molecule has 0 radical (unpaired) electrons. The van der Waals surface area contributed by atoms with Crippen molar-refractivity contribution in [1.82, 2.24) is 15.1 Å². The molecule has 1 aromatic rings. The van der Waals surface area contributed by atoms with Crippen molar-refractivity contribution in [3.63, 3.8) is 0 Å². The minimum absolute atomic E-state index is 0.372. The lowest BCUT2D eigenvalue weighted by Crippen LogP contribution is -2.29. The maximum Gasteiger partial charge on any atom is 0.0762 e. The highest BCUT2D eigenvalue weighted by molar-refractivity contribution is 5.00. The van der Waals surface area contributed by atoms with Crippen molar-refractivity contribution in [3.8, 4) is 0 Å². The highest BCUT2D eigenvalue weighted by atomic mass is 16.5. The summed E-state index contributed by atoms with van der Waals surface area (Å²) in [5, 5.41) is 8.04. The predicted molar refractivity (Wildman–Crippen MR) is 67.9 cm³/mol. The summed E-state index contributed by atoms with van der Waals surface area (Å²) >= 11 is 0. The van der Waals surface area contributed by atoms with Gasteiger partial charge in [0.05, 0.1) is 18.3 Å². The van der Waals surface area contributed by atoms with Gasteiger partial charge in [-0.25, -0.2) is 0 Å². The summed E-state index contributed by atoms with van der Waals surface area (Å²) in [6.45, 7) is 3.69. The molecule has 96 valence electrons. The lowest BCUT2D eigenvalue weighted by atomic mass is 10.3. The van der Waals surface area contributed by atoms with E-state index in [9.17, 15) is 0 Å². The Morgan fingerprint density at radius 3 is 3.00 bits per heavy atom. The summed E-state index contributed by atoms with van der Waals surface area (Å²) in [4.78, 5) is 0. The van der Waals surface area contributed by atoms with E-state index >= 15 is 0 Å². The van der Waals surface area contributed by atoms with E-state index in [0.29, 0.717) is 12.1 Å². The van der Waals surface area contributed by atoms with Crippen molar-refractivity contribution >= 4 is 0 Å². The molecule has 0 amide bonds. The van der Waals surface area contributed by atoms with Gasteiger partial charge < -0.3 is 10.1 Å². The summed E-state index contributed by atoms with van der Waals surface area (Å²) in [5.74, 6) is 0. The van der Waals surface area contributed by atoms with E-state index < -0.39 is 0 Å². The van der Waals surface area contributed by atoms with Crippen LogP contribution in [0.5, 0.6) is 0 Å². The fourth-order valence-electron chi connectivity index (χ4n) is 2.43. The second-order valence-corrected chi connectivity index (χ2v) is 4.96. The Morgan fingerprint density at radius 1 is 1.53 bits per heavy atom. The van der Waals surface area contributed by atoms with Gasteiger partial charge in [0.15, 0.2) is 0 Å². The fourth-order valence-corrected chi connectivity index (χ4v) is 2.43. The number of hydrogen-bond acceptors (Lipinski definition) is 3. The zero-order valence-electron chi connectivity index (χ0n) is 10.9. The second kappa shape index (κ2) is 6.17. The monoisotopic (exact) mass is 237 g/mol. The molecule has 1 unspecified atom stereocenters. The highest BCUT2D eigenvalue weighted by Crippen LogP contribution is 2.28. The first-order valence-electron chi connectivity index (χ1n) is 6.56. The molecule has 4 nitrogen and oxygen atoms in total. The summed E-state index contributed by atoms with van der Waals surface area (Å²) in [5.41, 5.74) is 1.12. The van der Waals surface area contributed by atoms with Crippen LogP contribution in [0, 0.1) is 0 Å². The van der Waals surface area contributed by atoms with Crippen molar-refractivity contribution < 1.29 is 4.74 Å². The van der Waals surface area contributed by atoms with Crippen LogP contribution in [0.3, 0.4) is 0 Å². The number of aromatic nitrogens is 2. The molecule has 1 fully saturated rings. The fraction of sp³-hybridized carbons (Fsp3) is 0.769. The van der Waals surface area contributed by atoms with Crippen molar-refractivity contribution in [3.05, 3.63) is 18.0 Å². The molecule has 1 N–H and O–H groups in total. The molecular formula is C13H23N3O. The van der Waals surface area contributed by atoms with Gasteiger partial charge in [-0.3, -0.25) is 4.68 Å². The van der Waals surface area contributed by atoms with Crippen LogP contribution in [0.1, 0.15) is 44.3 Å². The molecule has 1 aliphatic rings. The zero-order valence-corrected chi connectivity index (χ0v) is 10.9. The Bertz CT molecular complexity index is 331. The summed E-state index contributed by atoms with van der Waals surface area (Å²) in [7, 11) is 1.73. The van der Waals surface area contributed by atoms with Crippen LogP contribution < -0.4 is 5.32 Å². The van der Waals surface area contributed by atoms with E-state index in [1.807, 2.05) is 0 Å². The highest BCUT2D eigenvalue weighted by Gasteiger charge is 2.17. The van der Waals surface area contributed by atoms with Gasteiger partial charge in [-0.2, -0.15) is 5.10 Å². The van der Waals surface area contributed by atoms with Gasteiger partial charge >= 0.3 is 0 Å². The van der Waals surface area contributed by atoms with E-state index in [1.54, 1.807) is 7.11 Å². The van der Waals surface area contributed by atoms with Crippen LogP contribution in [-0.2, 0) is 11.3 Å². The lowest BCUT2D eigenvalue weighted by molar-refractivity contribution is 0.171. The Hall–Kier alpha value is -0.870. The summed E-state index contributed by atoms with van der Waals surface area (Å²) < 4.78 is 7.23. The van der Waals surface area contributed by atoms with Gasteiger partial charge in [-0.05, 0) is 25.8 Å². The van der Waals surface area contributed by atoms with Gasteiger partial charge in [-0.1, -0.05) is 12.8 Å². The third-order valence-corrected chi connectivity index (χ3v) is 3.41. The number of nitrogens with zero attached hydrogens (tertiary/aromatic N) is 2. The van der Waals surface area contributed by atoms with Gasteiger partial charge in [0.1, 0.15) is 0 Å². The molecule has 0 saturated heterocycles. The van der Waals surface area contributed by atoms with Crippen molar-refractivity contribution in [1.29, 1.82) is 0 Å². The number of nitrogens with one attached hydrogen (secondary N) is 1. The topological polar surface area (TPSA) is 39.1 Å². The molecular weight excluding hydrogens is 214 g/mol. The minimum atomic E-state index is 0.372. The van der Waals surface area contributed by atoms with E-state index in [0.717, 1.165) is 18.8 Å². The normalized spacial score (nSPS) is 18.7. The molecule has 0 aromatic carbocycles. The standard InChI is InChI=1S/C13H23N3O/c1-11(10-17-2)14-9-12-7-8-16(15-12)13-5-3-4-6-13/h7-8,11,13-14H,3-6,9-10H2,1-2H3. The van der Waals surface area contributed by atoms with Gasteiger partial charge in [0.25, 0.3) is 0 Å². The number of ether oxygens (including phenoxy) is 1. The van der Waals surface area contributed by atoms with Crippen molar-refractivity contribution in [2.45, 2.75) is 51.2 Å². The molecule has 1 aromatic heterocycles. The Morgan fingerprint density at radius 2 is 2.29 bits per heavy atom. The molecule has 1 heterocycles. The average molecular weight is 237 g/mol. The maximum atomic E-state index is 5.09. The minimum Gasteiger partial charge on any atom is -0.383 e. The third kappa shape index (κ3) is 3.54. The molecule has 2 rings (SSSR count). The average Bonchev–Trinajstić information content (AvgIpc) is 2.97. The Kier molecular flexibility index (Phi) is 4.57. The molecule has 0 aliphatic heterocycles. The third-order valence-electron chi connectivity index (χ3n) is 3.41. The van der Waals surface area contributed by atoms with Crippen LogP contribution >= 0.6 is 0 Å². The second-order valence-electron chi connectivity index (χ2n) is 4.96. The van der Waals surface area contributed by atoms with Crippen LogP contribution in [0.25, 0.3) is 0 Å². The van der Waals surface area contributed by atoms with Crippen molar-refractivity contribution in [2.75, 3.05) is 13.7 Å². The van der Waals surface area contributed by atoms with Crippen LogP contribution in [-0.4, -0.2) is 29.5 Å². The van der Waals surface area contributed by atoms with E-state index in [1.165, 1.54) is 25.7 Å². The predicted octanol–water partition coefficient (Wildman–Crippen LogP) is 2.12. The van der Waals surface area contributed by atoms with Gasteiger partial charge in [0.2, 0.25) is 0 Å². The first-order valence-corrected chi connectivity index (χ1v) is 6.56. The van der Waals surface area contributed by atoms with E-state index in [4.69, 9.17) is 4.74 Å². The molecule has 1 aliphatic carbocycles. The first kappa shape index (κ1) is 12.6. The molecule has 0 bridgehead atoms. The van der Waals surface area contributed by atoms with Gasteiger partial charge in [-0.15, -0.1) is 0 Å². The van der Waals surface area contributed by atoms with Crippen LogP contribution in [0.4, 0.5) is 0 Å². The molecule has 17 heavy (non-hydrogen) atoms. The number of methoxy groups -OCH3 is 1. The van der Waals surface area contributed by atoms with Crippen LogP contribution in [0.15, 0.2) is 12.3 Å². The Balaban J connectivity index is 1.81. The smallest absolute Gasteiger partial charge is 0.0762 e. The van der Waals surface area contributed by atoms with Crippen LogP contribution in [0.2, 0.25) is 0 Å². The number of rotatable bonds is 6. The Labute approximate surface area is 103 Å². The summed E-state index contributed by atoms with van der Waals surface area (Å²) in [6, 6.07) is 3.13. The quantitative estimate of drug-likeness (QED) is 0.823. The first-order chi connectivity index (χ1) is 8.29. The van der Waals surface area contributed by atoms with E-state index in [2.05, 4.69) is 34.3 Å². The molecule has 0 spiro atoms. The van der Waals surface area contributed by atoms with Gasteiger partial charge in [0, 0.05) is 25.9 Å². The van der Waals surface area contributed by atoms with Crippen molar-refractivity contribution in [2.24, 2.45) is 0 Å². The maximum absolute atomic E-state index is 5.09. The largest absolute Gasteiger partial charge is 0.383 e. The SMILES string of the molecule is COCC(C)NCc1ccn(C2CCCC2)n1. The summed E-state index contributed by atoms with van der Waals surface area (Å²) in [6.07, 6.45) is 7.39. The number of hydrogen-bond donors (Lipinski definition) is 1. The lowest BCUT2D eigenvalue weighted by Gasteiger charge is -2.11. The molecule has 1 saturated carbocycles. The zero-order chi connectivity index (χ0) is 12.1. The molecule has 1 atom stereocenters. The van der Waals surface area contributed by atoms with E-state index in [-0.39, 0.29) is 0 Å².